The molecule has 2 rings (SSSR count). The molecule has 2 unspecified atom stereocenters. The number of hydrogen-bond acceptors (Lipinski definition) is 4. The van der Waals surface area contributed by atoms with E-state index in [-0.39, 0.29) is 25.2 Å². The number of thiophene rings is 1. The van der Waals surface area contributed by atoms with Gasteiger partial charge in [0.1, 0.15) is 0 Å². The number of nitrogens with one attached hydrogen (secondary N) is 1. The van der Waals surface area contributed by atoms with Crippen LogP contribution >= 0.6 is 11.3 Å². The topological polar surface area (TPSA) is 78.9 Å². The molecule has 2 amide bonds. The summed E-state index contributed by atoms with van der Waals surface area (Å²) in [6, 6.07) is 3.72. The van der Waals surface area contributed by atoms with Crippen LogP contribution in [0.4, 0.5) is 4.79 Å². The average molecular weight is 312 g/mol. The van der Waals surface area contributed by atoms with E-state index in [1.165, 1.54) is 4.90 Å². The molecule has 1 saturated heterocycles. The van der Waals surface area contributed by atoms with Crippen molar-refractivity contribution < 1.29 is 19.4 Å². The molecular formula is C14H20N2O4S. The van der Waals surface area contributed by atoms with Gasteiger partial charge in [-0.25, -0.2) is 9.59 Å². The third-order valence-corrected chi connectivity index (χ3v) is 4.38. The van der Waals surface area contributed by atoms with Crippen molar-refractivity contribution in [1.29, 1.82) is 0 Å². The zero-order valence-electron chi connectivity index (χ0n) is 11.9. The lowest BCUT2D eigenvalue weighted by molar-refractivity contribution is -0.154. The third kappa shape index (κ3) is 4.18. The van der Waals surface area contributed by atoms with Gasteiger partial charge in [-0.1, -0.05) is 19.4 Å². The van der Waals surface area contributed by atoms with E-state index in [0.717, 1.165) is 17.7 Å². The van der Waals surface area contributed by atoms with Gasteiger partial charge < -0.3 is 20.1 Å². The number of urea groups is 1. The minimum Gasteiger partial charge on any atom is -0.479 e. The molecule has 1 aromatic heterocycles. The molecule has 0 bridgehead atoms. The summed E-state index contributed by atoms with van der Waals surface area (Å²) >= 11 is 1.61. The van der Waals surface area contributed by atoms with E-state index < -0.39 is 12.1 Å². The molecule has 116 valence electrons. The van der Waals surface area contributed by atoms with Gasteiger partial charge >= 0.3 is 12.0 Å². The summed E-state index contributed by atoms with van der Waals surface area (Å²) in [5.74, 6) is -1.03. The Labute approximate surface area is 127 Å². The summed E-state index contributed by atoms with van der Waals surface area (Å²) in [6.45, 7) is 2.83. The zero-order valence-corrected chi connectivity index (χ0v) is 12.8. The molecule has 0 saturated carbocycles. The molecule has 1 aromatic rings. The van der Waals surface area contributed by atoms with E-state index in [9.17, 15) is 9.59 Å². The fourth-order valence-corrected chi connectivity index (χ4v) is 3.10. The molecule has 0 spiro atoms. The summed E-state index contributed by atoms with van der Waals surface area (Å²) in [5, 5.41) is 14.0. The first-order chi connectivity index (χ1) is 10.1. The molecule has 21 heavy (non-hydrogen) atoms. The summed E-state index contributed by atoms with van der Waals surface area (Å²) in [6.07, 6.45) is 0.888. The Balaban J connectivity index is 1.97. The van der Waals surface area contributed by atoms with Crippen LogP contribution < -0.4 is 5.32 Å². The lowest BCUT2D eigenvalue weighted by atomic mass is 10.1. The number of carbonyl (C=O) groups excluding carboxylic acids is 1. The maximum atomic E-state index is 12.3. The largest absolute Gasteiger partial charge is 0.479 e. The number of hydrogen-bond donors (Lipinski definition) is 2. The molecule has 0 aromatic carbocycles. The smallest absolute Gasteiger partial charge is 0.334 e. The zero-order chi connectivity index (χ0) is 15.2. The summed E-state index contributed by atoms with van der Waals surface area (Å²) < 4.78 is 5.13. The highest BCUT2D eigenvalue weighted by Gasteiger charge is 2.30. The first-order valence-corrected chi connectivity index (χ1v) is 7.93. The Morgan fingerprint density at radius 2 is 2.43 bits per heavy atom. The number of morpholine rings is 1. The van der Waals surface area contributed by atoms with Gasteiger partial charge in [0, 0.05) is 11.4 Å². The quantitative estimate of drug-likeness (QED) is 0.872. The summed E-state index contributed by atoms with van der Waals surface area (Å²) in [5.41, 5.74) is 0. The number of nitrogens with zero attached hydrogens (tertiary/aromatic N) is 1. The fourth-order valence-electron chi connectivity index (χ4n) is 2.29. The SMILES string of the molecule is CCCC(NC(=O)N1CCOC(C(=O)O)C1)c1cccs1. The number of ether oxygens (including phenoxy) is 1. The molecule has 1 aliphatic heterocycles. The molecule has 1 aliphatic rings. The van der Waals surface area contributed by atoms with Crippen LogP contribution in [0.5, 0.6) is 0 Å². The second-order valence-electron chi connectivity index (χ2n) is 4.95. The van der Waals surface area contributed by atoms with Crippen molar-refractivity contribution in [3.05, 3.63) is 22.4 Å². The van der Waals surface area contributed by atoms with Gasteiger partial charge in [0.05, 0.1) is 19.2 Å². The number of aliphatic carboxylic acids is 1. The molecule has 7 heteroatoms. The van der Waals surface area contributed by atoms with Crippen molar-refractivity contribution in [1.82, 2.24) is 10.2 Å². The third-order valence-electron chi connectivity index (χ3n) is 3.39. The molecule has 2 N–H and O–H groups in total. The Kier molecular flexibility index (Phi) is 5.58. The van der Waals surface area contributed by atoms with E-state index >= 15 is 0 Å². The average Bonchev–Trinajstić information content (AvgIpc) is 3.01. The van der Waals surface area contributed by atoms with E-state index in [4.69, 9.17) is 9.84 Å². The summed E-state index contributed by atoms with van der Waals surface area (Å²) in [7, 11) is 0. The second-order valence-corrected chi connectivity index (χ2v) is 5.93. The molecule has 1 fully saturated rings. The standard InChI is InChI=1S/C14H20N2O4S/c1-2-4-10(12-5-3-8-21-12)15-14(19)16-6-7-20-11(9-16)13(17)18/h3,5,8,10-11H,2,4,6-7,9H2,1H3,(H,15,19)(H,17,18). The highest BCUT2D eigenvalue weighted by atomic mass is 32.1. The molecule has 2 atom stereocenters. The molecule has 6 nitrogen and oxygen atoms in total. The van der Waals surface area contributed by atoms with Gasteiger partial charge in [0.25, 0.3) is 0 Å². The number of carboxylic acid groups (broad SMARTS) is 1. The van der Waals surface area contributed by atoms with Crippen LogP contribution in [-0.4, -0.2) is 47.8 Å². The Morgan fingerprint density at radius 3 is 3.05 bits per heavy atom. The number of rotatable bonds is 5. The van der Waals surface area contributed by atoms with Crippen molar-refractivity contribution in [3.8, 4) is 0 Å². The van der Waals surface area contributed by atoms with Crippen molar-refractivity contribution in [2.75, 3.05) is 19.7 Å². The summed E-state index contributed by atoms with van der Waals surface area (Å²) in [4.78, 5) is 25.9. The van der Waals surface area contributed by atoms with E-state index in [2.05, 4.69) is 12.2 Å². The van der Waals surface area contributed by atoms with Gasteiger partial charge in [-0.05, 0) is 17.9 Å². The number of amides is 2. The molecule has 0 aliphatic carbocycles. The highest BCUT2D eigenvalue weighted by molar-refractivity contribution is 7.10. The first-order valence-electron chi connectivity index (χ1n) is 7.05. The van der Waals surface area contributed by atoms with Crippen LogP contribution in [0.25, 0.3) is 0 Å². The Bertz CT molecular complexity index is 477. The van der Waals surface area contributed by atoms with Crippen LogP contribution in [0.1, 0.15) is 30.7 Å². The maximum absolute atomic E-state index is 12.3. The number of carboxylic acids is 1. The Morgan fingerprint density at radius 1 is 1.62 bits per heavy atom. The highest BCUT2D eigenvalue weighted by Crippen LogP contribution is 2.23. The van der Waals surface area contributed by atoms with Crippen molar-refractivity contribution in [3.63, 3.8) is 0 Å². The van der Waals surface area contributed by atoms with Crippen LogP contribution in [0.15, 0.2) is 17.5 Å². The van der Waals surface area contributed by atoms with Crippen LogP contribution in [0.2, 0.25) is 0 Å². The van der Waals surface area contributed by atoms with Crippen molar-refractivity contribution in [2.45, 2.75) is 31.9 Å². The van der Waals surface area contributed by atoms with Crippen LogP contribution in [-0.2, 0) is 9.53 Å². The normalized spacial score (nSPS) is 20.0. The Hall–Kier alpha value is -1.60. The lowest BCUT2D eigenvalue weighted by Gasteiger charge is -2.32. The van der Waals surface area contributed by atoms with E-state index in [1.54, 1.807) is 11.3 Å². The van der Waals surface area contributed by atoms with Crippen molar-refractivity contribution >= 4 is 23.3 Å². The van der Waals surface area contributed by atoms with Gasteiger partial charge in [-0.15, -0.1) is 11.3 Å². The van der Waals surface area contributed by atoms with Gasteiger partial charge in [-0.3, -0.25) is 0 Å². The fraction of sp³-hybridized carbons (Fsp3) is 0.571. The van der Waals surface area contributed by atoms with E-state index in [1.807, 2.05) is 17.5 Å². The first kappa shape index (κ1) is 15.8. The predicted molar refractivity (Wildman–Crippen MR) is 79.4 cm³/mol. The maximum Gasteiger partial charge on any atom is 0.334 e. The van der Waals surface area contributed by atoms with E-state index in [0.29, 0.717) is 6.54 Å². The lowest BCUT2D eigenvalue weighted by Crippen LogP contribution is -2.52. The van der Waals surface area contributed by atoms with Crippen LogP contribution in [0.3, 0.4) is 0 Å². The molecule has 2 heterocycles. The minimum absolute atomic E-state index is 0.0198. The monoisotopic (exact) mass is 312 g/mol. The van der Waals surface area contributed by atoms with Gasteiger partial charge in [-0.2, -0.15) is 0 Å². The number of carbonyl (C=O) groups is 2. The van der Waals surface area contributed by atoms with Crippen molar-refractivity contribution in [2.24, 2.45) is 0 Å². The van der Waals surface area contributed by atoms with Gasteiger partial charge in [0.15, 0.2) is 6.10 Å². The molecular weight excluding hydrogens is 292 g/mol. The second kappa shape index (κ2) is 7.42. The predicted octanol–water partition coefficient (Wildman–Crippen LogP) is 2.08. The van der Waals surface area contributed by atoms with Gasteiger partial charge in [0.2, 0.25) is 0 Å². The minimum atomic E-state index is -1.03. The van der Waals surface area contributed by atoms with Crippen LogP contribution in [0, 0.1) is 0 Å². The molecule has 0 radical (unpaired) electrons.